The summed E-state index contributed by atoms with van der Waals surface area (Å²) in [7, 11) is 0. The number of aromatic nitrogens is 2. The number of aryl methyl sites for hydroxylation is 2. The Bertz CT molecular complexity index is 858. The van der Waals surface area contributed by atoms with E-state index in [9.17, 15) is 0 Å². The molecule has 0 fully saturated rings. The fourth-order valence-electron chi connectivity index (χ4n) is 2.42. The molecule has 3 nitrogen and oxygen atoms in total. The van der Waals surface area contributed by atoms with Crippen molar-refractivity contribution < 1.29 is 4.63 Å². The molecule has 4 aromatic rings. The molecule has 0 aliphatic carbocycles. The Morgan fingerprint density at radius 2 is 1.19 bits per heavy atom. The monoisotopic (exact) mass is 312 g/mol. The lowest BCUT2D eigenvalue weighted by molar-refractivity contribution is 0.315. The highest BCUT2D eigenvalue weighted by atomic mass is 32.1. The molecule has 21 heavy (non-hydrogen) atoms. The highest BCUT2D eigenvalue weighted by molar-refractivity contribution is 7.16. The molecule has 0 saturated carbocycles. The van der Waals surface area contributed by atoms with Crippen molar-refractivity contribution in [3.63, 3.8) is 0 Å². The average Bonchev–Trinajstić information content (AvgIpc) is 3.18. The summed E-state index contributed by atoms with van der Waals surface area (Å²) in [6.07, 6.45) is 0. The number of rotatable bonds is 2. The van der Waals surface area contributed by atoms with E-state index in [1.165, 1.54) is 19.5 Å². The van der Waals surface area contributed by atoms with E-state index in [1.54, 1.807) is 22.7 Å². The highest BCUT2D eigenvalue weighted by Gasteiger charge is 2.16. The lowest BCUT2D eigenvalue weighted by Crippen LogP contribution is -1.81. The maximum Gasteiger partial charge on any atom is 0.144 e. The Balaban J connectivity index is 1.96. The minimum absolute atomic E-state index is 0.834. The molecule has 0 bridgehead atoms. The standard InChI is InChI=1S/C16H12N2OS2/c1-9-3-7-13(20-9)11-5-6-12(14-8-4-10(2)21-14)16-15(11)17-19-18-16/h3-8H,1-2H3. The first-order valence-electron chi connectivity index (χ1n) is 6.61. The molecule has 4 rings (SSSR count). The van der Waals surface area contributed by atoms with E-state index in [2.05, 4.69) is 60.6 Å². The van der Waals surface area contributed by atoms with Crippen molar-refractivity contribution >= 4 is 33.7 Å². The number of hydrogen-bond acceptors (Lipinski definition) is 5. The first-order valence-corrected chi connectivity index (χ1v) is 8.24. The zero-order chi connectivity index (χ0) is 14.4. The van der Waals surface area contributed by atoms with Crippen LogP contribution in [-0.2, 0) is 0 Å². The van der Waals surface area contributed by atoms with Crippen molar-refractivity contribution in [2.45, 2.75) is 13.8 Å². The second-order valence-electron chi connectivity index (χ2n) is 4.94. The summed E-state index contributed by atoms with van der Waals surface area (Å²) >= 11 is 3.52. The second-order valence-corrected chi connectivity index (χ2v) is 7.52. The van der Waals surface area contributed by atoms with E-state index in [4.69, 9.17) is 4.63 Å². The third-order valence-electron chi connectivity index (χ3n) is 3.43. The Morgan fingerprint density at radius 1 is 0.714 bits per heavy atom. The van der Waals surface area contributed by atoms with E-state index >= 15 is 0 Å². The number of thiophene rings is 2. The van der Waals surface area contributed by atoms with Crippen LogP contribution in [0, 0.1) is 13.8 Å². The van der Waals surface area contributed by atoms with Gasteiger partial charge in [0.15, 0.2) is 0 Å². The van der Waals surface area contributed by atoms with Gasteiger partial charge in [-0.05, 0) is 48.4 Å². The van der Waals surface area contributed by atoms with E-state index in [0.29, 0.717) is 0 Å². The quantitative estimate of drug-likeness (QED) is 0.504. The molecule has 0 radical (unpaired) electrons. The third kappa shape index (κ3) is 2.09. The molecule has 0 spiro atoms. The van der Waals surface area contributed by atoms with Crippen LogP contribution >= 0.6 is 22.7 Å². The lowest BCUT2D eigenvalue weighted by atomic mass is 10.1. The summed E-state index contributed by atoms with van der Waals surface area (Å²) in [5.74, 6) is 0. The molecule has 0 N–H and O–H groups in total. The molecule has 0 saturated heterocycles. The topological polar surface area (TPSA) is 38.9 Å². The molecule has 0 amide bonds. The van der Waals surface area contributed by atoms with E-state index in [1.807, 2.05) is 0 Å². The van der Waals surface area contributed by atoms with Gasteiger partial charge >= 0.3 is 0 Å². The van der Waals surface area contributed by atoms with Gasteiger partial charge < -0.3 is 0 Å². The van der Waals surface area contributed by atoms with Crippen LogP contribution in [0.1, 0.15) is 9.75 Å². The SMILES string of the molecule is Cc1ccc(-c2ccc(-c3ccc(C)s3)c3nonc23)s1. The minimum Gasteiger partial charge on any atom is -0.243 e. The van der Waals surface area contributed by atoms with Gasteiger partial charge in [0.25, 0.3) is 0 Å². The van der Waals surface area contributed by atoms with Crippen molar-refractivity contribution in [2.75, 3.05) is 0 Å². The van der Waals surface area contributed by atoms with Crippen molar-refractivity contribution in [1.29, 1.82) is 0 Å². The van der Waals surface area contributed by atoms with Gasteiger partial charge in [-0.3, -0.25) is 0 Å². The molecule has 3 aromatic heterocycles. The number of benzene rings is 1. The maximum atomic E-state index is 5.01. The molecular weight excluding hydrogens is 300 g/mol. The van der Waals surface area contributed by atoms with Gasteiger partial charge in [-0.2, -0.15) is 0 Å². The number of nitrogens with zero attached hydrogens (tertiary/aromatic N) is 2. The third-order valence-corrected chi connectivity index (χ3v) is 5.50. The van der Waals surface area contributed by atoms with Crippen molar-refractivity contribution in [3.8, 4) is 20.9 Å². The predicted molar refractivity (Wildman–Crippen MR) is 87.9 cm³/mol. The maximum absolute atomic E-state index is 5.01. The normalized spacial score (nSPS) is 11.3. The molecule has 0 unspecified atom stereocenters. The number of fused-ring (bicyclic) bond motifs is 1. The highest BCUT2D eigenvalue weighted by Crippen LogP contribution is 2.38. The van der Waals surface area contributed by atoms with Crippen LogP contribution in [0.25, 0.3) is 31.9 Å². The smallest absolute Gasteiger partial charge is 0.144 e. The molecule has 3 heterocycles. The summed E-state index contributed by atoms with van der Waals surface area (Å²) in [5, 5.41) is 8.24. The van der Waals surface area contributed by atoms with Crippen molar-refractivity contribution in [1.82, 2.24) is 10.3 Å². The molecular formula is C16H12N2OS2. The van der Waals surface area contributed by atoms with Gasteiger partial charge in [-0.1, -0.05) is 12.1 Å². The average molecular weight is 312 g/mol. The predicted octanol–water partition coefficient (Wildman–Crippen LogP) is 5.30. The van der Waals surface area contributed by atoms with Crippen molar-refractivity contribution in [2.24, 2.45) is 0 Å². The molecule has 0 aliphatic rings. The molecule has 1 aromatic carbocycles. The van der Waals surface area contributed by atoms with E-state index < -0.39 is 0 Å². The summed E-state index contributed by atoms with van der Waals surface area (Å²) in [4.78, 5) is 4.96. The van der Waals surface area contributed by atoms with Crippen LogP contribution in [-0.4, -0.2) is 10.3 Å². The van der Waals surface area contributed by atoms with Crippen LogP contribution in [0.3, 0.4) is 0 Å². The first-order chi connectivity index (χ1) is 10.2. The van der Waals surface area contributed by atoms with Crippen LogP contribution in [0.2, 0.25) is 0 Å². The Morgan fingerprint density at radius 3 is 1.57 bits per heavy atom. The van der Waals surface area contributed by atoms with Crippen molar-refractivity contribution in [3.05, 3.63) is 46.2 Å². The van der Waals surface area contributed by atoms with Gasteiger partial charge in [-0.15, -0.1) is 22.7 Å². The van der Waals surface area contributed by atoms with Gasteiger partial charge in [0.1, 0.15) is 11.0 Å². The van der Waals surface area contributed by atoms with Gasteiger partial charge in [0.05, 0.1) is 0 Å². The van der Waals surface area contributed by atoms with Gasteiger partial charge in [0.2, 0.25) is 0 Å². The summed E-state index contributed by atoms with van der Waals surface area (Å²) in [5.41, 5.74) is 3.84. The second kappa shape index (κ2) is 4.79. The fraction of sp³-hybridized carbons (Fsp3) is 0.125. The van der Waals surface area contributed by atoms with Crippen LogP contribution in [0.5, 0.6) is 0 Å². The van der Waals surface area contributed by atoms with Crippen LogP contribution < -0.4 is 0 Å². The van der Waals surface area contributed by atoms with Crippen LogP contribution in [0.15, 0.2) is 41.0 Å². The van der Waals surface area contributed by atoms with Gasteiger partial charge in [0, 0.05) is 30.6 Å². The first kappa shape index (κ1) is 12.7. The summed E-state index contributed by atoms with van der Waals surface area (Å²) in [6, 6.07) is 12.7. The largest absolute Gasteiger partial charge is 0.243 e. The van der Waals surface area contributed by atoms with Crippen LogP contribution in [0.4, 0.5) is 0 Å². The number of hydrogen-bond donors (Lipinski definition) is 0. The molecule has 104 valence electrons. The molecule has 0 aliphatic heterocycles. The lowest BCUT2D eigenvalue weighted by Gasteiger charge is -2.02. The Labute approximate surface area is 129 Å². The zero-order valence-electron chi connectivity index (χ0n) is 11.6. The fourth-order valence-corrected chi connectivity index (χ4v) is 4.21. The van der Waals surface area contributed by atoms with E-state index in [0.717, 1.165) is 22.2 Å². The molecule has 5 heteroatoms. The summed E-state index contributed by atoms with van der Waals surface area (Å²) < 4.78 is 5.01. The zero-order valence-corrected chi connectivity index (χ0v) is 13.2. The van der Waals surface area contributed by atoms with Gasteiger partial charge in [-0.25, -0.2) is 4.63 Å². The molecule has 0 atom stereocenters. The Hall–Kier alpha value is -1.98. The minimum atomic E-state index is 0.834. The Kier molecular flexibility index (Phi) is 2.90. The summed E-state index contributed by atoms with van der Waals surface area (Å²) in [6.45, 7) is 4.21. The van der Waals surface area contributed by atoms with E-state index in [-0.39, 0.29) is 0 Å².